The van der Waals surface area contributed by atoms with Gasteiger partial charge in [0.25, 0.3) is 5.91 Å². The smallest absolute Gasteiger partial charge is 0.342 e. The Kier molecular flexibility index (Phi) is 6.22. The van der Waals surface area contributed by atoms with Gasteiger partial charge >= 0.3 is 5.97 Å². The second kappa shape index (κ2) is 8.58. The van der Waals surface area contributed by atoms with Crippen LogP contribution in [0.5, 0.6) is 17.2 Å². The van der Waals surface area contributed by atoms with Crippen molar-refractivity contribution >= 4 is 17.6 Å². The SMILES string of the molecule is COc1cccc(NC(=O)COC(=O)c2cc(OC)ccc2OC)c1. The molecule has 0 aliphatic carbocycles. The Labute approximate surface area is 145 Å². The molecule has 2 rings (SSSR count). The molecule has 0 unspecified atom stereocenters. The molecule has 0 saturated carbocycles. The molecule has 1 N–H and O–H groups in total. The van der Waals surface area contributed by atoms with Crippen molar-refractivity contribution in [3.63, 3.8) is 0 Å². The van der Waals surface area contributed by atoms with Crippen molar-refractivity contribution in [3.8, 4) is 17.2 Å². The van der Waals surface area contributed by atoms with Gasteiger partial charge in [-0.25, -0.2) is 4.79 Å². The molecule has 0 radical (unpaired) electrons. The van der Waals surface area contributed by atoms with E-state index in [9.17, 15) is 9.59 Å². The molecule has 0 saturated heterocycles. The first-order chi connectivity index (χ1) is 12.1. The van der Waals surface area contributed by atoms with Gasteiger partial charge < -0.3 is 24.3 Å². The van der Waals surface area contributed by atoms with E-state index in [4.69, 9.17) is 18.9 Å². The number of rotatable bonds is 7. The van der Waals surface area contributed by atoms with E-state index in [0.29, 0.717) is 22.9 Å². The van der Waals surface area contributed by atoms with Crippen LogP contribution in [0.15, 0.2) is 42.5 Å². The van der Waals surface area contributed by atoms with Gasteiger partial charge in [0.2, 0.25) is 0 Å². The van der Waals surface area contributed by atoms with Gasteiger partial charge in [-0.1, -0.05) is 6.07 Å². The van der Waals surface area contributed by atoms with Crippen LogP contribution in [0.3, 0.4) is 0 Å². The maximum absolute atomic E-state index is 12.2. The second-order valence-electron chi connectivity index (χ2n) is 4.92. The maximum Gasteiger partial charge on any atom is 0.342 e. The van der Waals surface area contributed by atoms with Crippen LogP contribution in [0, 0.1) is 0 Å². The minimum atomic E-state index is -0.684. The number of esters is 1. The number of benzene rings is 2. The van der Waals surface area contributed by atoms with Crippen LogP contribution < -0.4 is 19.5 Å². The summed E-state index contributed by atoms with van der Waals surface area (Å²) in [5.74, 6) is 0.267. The summed E-state index contributed by atoms with van der Waals surface area (Å²) < 4.78 is 20.3. The number of nitrogens with one attached hydrogen (secondary N) is 1. The van der Waals surface area contributed by atoms with Crippen molar-refractivity contribution in [1.29, 1.82) is 0 Å². The number of carbonyl (C=O) groups is 2. The van der Waals surface area contributed by atoms with E-state index in [2.05, 4.69) is 5.32 Å². The summed E-state index contributed by atoms with van der Waals surface area (Å²) in [6.07, 6.45) is 0. The van der Waals surface area contributed by atoms with E-state index in [-0.39, 0.29) is 5.56 Å². The van der Waals surface area contributed by atoms with Crippen LogP contribution in [0.2, 0.25) is 0 Å². The van der Waals surface area contributed by atoms with Crippen LogP contribution in [0.1, 0.15) is 10.4 Å². The molecule has 0 aliphatic heterocycles. The Bertz CT molecular complexity index is 759. The highest BCUT2D eigenvalue weighted by atomic mass is 16.5. The summed E-state index contributed by atoms with van der Waals surface area (Å²) in [6.45, 7) is -0.434. The third-order valence-electron chi connectivity index (χ3n) is 3.31. The van der Waals surface area contributed by atoms with E-state index in [1.807, 2.05) is 0 Å². The summed E-state index contributed by atoms with van der Waals surface area (Å²) in [5.41, 5.74) is 0.718. The topological polar surface area (TPSA) is 83.1 Å². The summed E-state index contributed by atoms with van der Waals surface area (Å²) in [7, 11) is 4.46. The van der Waals surface area contributed by atoms with Crippen LogP contribution in [-0.2, 0) is 9.53 Å². The molecule has 2 aromatic rings. The number of hydrogen-bond acceptors (Lipinski definition) is 6. The molecule has 0 spiro atoms. The minimum Gasteiger partial charge on any atom is -0.497 e. The predicted molar refractivity (Wildman–Crippen MR) is 91.5 cm³/mol. The van der Waals surface area contributed by atoms with Gasteiger partial charge in [-0.2, -0.15) is 0 Å². The van der Waals surface area contributed by atoms with Crippen LogP contribution in [0.4, 0.5) is 5.69 Å². The summed E-state index contributed by atoms with van der Waals surface area (Å²) in [6, 6.07) is 11.6. The van der Waals surface area contributed by atoms with Crippen LogP contribution in [0.25, 0.3) is 0 Å². The summed E-state index contributed by atoms with van der Waals surface area (Å²) in [4.78, 5) is 24.1. The van der Waals surface area contributed by atoms with Gasteiger partial charge in [-0.15, -0.1) is 0 Å². The van der Waals surface area contributed by atoms with Gasteiger partial charge in [0, 0.05) is 11.8 Å². The lowest BCUT2D eigenvalue weighted by Crippen LogP contribution is -2.21. The molecule has 0 fully saturated rings. The van der Waals surface area contributed by atoms with Gasteiger partial charge in [-0.05, 0) is 30.3 Å². The van der Waals surface area contributed by atoms with Crippen molar-refractivity contribution in [2.75, 3.05) is 33.3 Å². The average molecular weight is 345 g/mol. The molecule has 1 amide bonds. The number of carbonyl (C=O) groups excluding carboxylic acids is 2. The van der Waals surface area contributed by atoms with E-state index in [1.165, 1.54) is 27.4 Å². The summed E-state index contributed by atoms with van der Waals surface area (Å²) in [5, 5.41) is 2.62. The van der Waals surface area contributed by atoms with E-state index in [1.54, 1.807) is 36.4 Å². The number of amides is 1. The first kappa shape index (κ1) is 18.1. The van der Waals surface area contributed by atoms with Crippen molar-refractivity contribution in [3.05, 3.63) is 48.0 Å². The monoisotopic (exact) mass is 345 g/mol. The third kappa shape index (κ3) is 4.87. The van der Waals surface area contributed by atoms with Crippen molar-refractivity contribution in [1.82, 2.24) is 0 Å². The Morgan fingerprint density at radius 2 is 1.64 bits per heavy atom. The third-order valence-corrected chi connectivity index (χ3v) is 3.31. The zero-order valence-corrected chi connectivity index (χ0v) is 14.2. The molecule has 132 valence electrons. The Morgan fingerprint density at radius 1 is 0.920 bits per heavy atom. The highest BCUT2D eigenvalue weighted by Crippen LogP contribution is 2.24. The summed E-state index contributed by atoms with van der Waals surface area (Å²) >= 11 is 0. The van der Waals surface area contributed by atoms with E-state index >= 15 is 0 Å². The maximum atomic E-state index is 12.2. The first-order valence-electron chi connectivity index (χ1n) is 7.40. The zero-order valence-electron chi connectivity index (χ0n) is 14.2. The second-order valence-corrected chi connectivity index (χ2v) is 4.92. The molecule has 0 atom stereocenters. The van der Waals surface area contributed by atoms with Crippen LogP contribution >= 0.6 is 0 Å². The fraction of sp³-hybridized carbons (Fsp3) is 0.222. The lowest BCUT2D eigenvalue weighted by molar-refractivity contribution is -0.119. The molecule has 7 nitrogen and oxygen atoms in total. The molecular weight excluding hydrogens is 326 g/mol. The van der Waals surface area contributed by atoms with Crippen molar-refractivity contribution in [2.24, 2.45) is 0 Å². The highest BCUT2D eigenvalue weighted by Gasteiger charge is 2.16. The molecular formula is C18H19NO6. The Hall–Kier alpha value is -3.22. The van der Waals surface area contributed by atoms with Gasteiger partial charge in [0.15, 0.2) is 6.61 Å². The van der Waals surface area contributed by atoms with Gasteiger partial charge in [0.1, 0.15) is 22.8 Å². The average Bonchev–Trinajstić information content (AvgIpc) is 2.65. The molecule has 25 heavy (non-hydrogen) atoms. The Balaban J connectivity index is 1.98. The van der Waals surface area contributed by atoms with E-state index < -0.39 is 18.5 Å². The lowest BCUT2D eigenvalue weighted by Gasteiger charge is -2.11. The highest BCUT2D eigenvalue weighted by molar-refractivity contribution is 5.97. The molecule has 0 aromatic heterocycles. The first-order valence-corrected chi connectivity index (χ1v) is 7.40. The Morgan fingerprint density at radius 3 is 2.32 bits per heavy atom. The molecule has 0 heterocycles. The largest absolute Gasteiger partial charge is 0.497 e. The van der Waals surface area contributed by atoms with Crippen molar-refractivity contribution in [2.45, 2.75) is 0 Å². The normalized spacial score (nSPS) is 9.88. The van der Waals surface area contributed by atoms with Gasteiger partial charge in [-0.3, -0.25) is 4.79 Å². The van der Waals surface area contributed by atoms with Crippen molar-refractivity contribution < 1.29 is 28.5 Å². The van der Waals surface area contributed by atoms with Gasteiger partial charge in [0.05, 0.1) is 21.3 Å². The standard InChI is InChI=1S/C18H19NO6/c1-22-13-6-4-5-12(9-13)19-17(20)11-25-18(21)15-10-14(23-2)7-8-16(15)24-3/h4-10H,11H2,1-3H3,(H,19,20). The number of methoxy groups -OCH3 is 3. The molecule has 0 bridgehead atoms. The quantitative estimate of drug-likeness (QED) is 0.777. The fourth-order valence-corrected chi connectivity index (χ4v) is 2.08. The number of ether oxygens (including phenoxy) is 4. The zero-order chi connectivity index (χ0) is 18.2. The lowest BCUT2D eigenvalue weighted by atomic mass is 10.2. The number of anilines is 1. The van der Waals surface area contributed by atoms with Crippen LogP contribution in [-0.4, -0.2) is 39.8 Å². The molecule has 7 heteroatoms. The van der Waals surface area contributed by atoms with E-state index in [0.717, 1.165) is 0 Å². The fourth-order valence-electron chi connectivity index (χ4n) is 2.08. The predicted octanol–water partition coefficient (Wildman–Crippen LogP) is 2.51. The molecule has 2 aromatic carbocycles. The molecule has 0 aliphatic rings. The minimum absolute atomic E-state index is 0.177. The number of hydrogen-bond donors (Lipinski definition) is 1.